The van der Waals surface area contributed by atoms with Crippen LogP contribution in [0.2, 0.25) is 0 Å². The fourth-order valence-corrected chi connectivity index (χ4v) is 2.61. The number of urea groups is 1. The predicted octanol–water partition coefficient (Wildman–Crippen LogP) is 4.21. The van der Waals surface area contributed by atoms with Crippen LogP contribution >= 0.6 is 0 Å². The molecule has 0 saturated carbocycles. The molecule has 2 aromatic carbocycles. The molecule has 2 N–H and O–H groups in total. The van der Waals surface area contributed by atoms with E-state index in [4.69, 9.17) is 0 Å². The van der Waals surface area contributed by atoms with Gasteiger partial charge in [-0.2, -0.15) is 0 Å². The second-order valence-corrected chi connectivity index (χ2v) is 5.44. The molecule has 4 nitrogen and oxygen atoms in total. The Hall–Kier alpha value is -2.63. The molecule has 1 fully saturated rings. The average Bonchev–Trinajstić information content (AvgIpc) is 3.05. The van der Waals surface area contributed by atoms with Crippen LogP contribution in [0.4, 0.5) is 30.6 Å². The van der Waals surface area contributed by atoms with Gasteiger partial charge < -0.3 is 15.5 Å². The number of halogens is 2. The van der Waals surface area contributed by atoms with Crippen molar-refractivity contribution in [3.8, 4) is 0 Å². The second-order valence-electron chi connectivity index (χ2n) is 5.44. The summed E-state index contributed by atoms with van der Waals surface area (Å²) in [6.07, 6.45) is 2.40. The molecule has 0 aromatic heterocycles. The van der Waals surface area contributed by atoms with E-state index in [1.165, 1.54) is 18.9 Å². The number of nitrogens with one attached hydrogen (secondary N) is 2. The fourth-order valence-electron chi connectivity index (χ4n) is 2.61. The molecule has 0 radical (unpaired) electrons. The van der Waals surface area contributed by atoms with Crippen molar-refractivity contribution in [1.29, 1.82) is 0 Å². The van der Waals surface area contributed by atoms with Crippen LogP contribution in [-0.2, 0) is 0 Å². The van der Waals surface area contributed by atoms with Crippen molar-refractivity contribution in [2.75, 3.05) is 28.6 Å². The van der Waals surface area contributed by atoms with Gasteiger partial charge in [0.15, 0.2) is 0 Å². The molecule has 2 aromatic rings. The van der Waals surface area contributed by atoms with E-state index in [0.29, 0.717) is 5.69 Å². The molecule has 3 rings (SSSR count). The van der Waals surface area contributed by atoms with E-state index in [9.17, 15) is 13.6 Å². The van der Waals surface area contributed by atoms with Crippen LogP contribution < -0.4 is 15.5 Å². The van der Waals surface area contributed by atoms with Crippen LogP contribution in [0, 0.1) is 11.6 Å². The van der Waals surface area contributed by atoms with Crippen LogP contribution in [0.15, 0.2) is 42.5 Å². The first-order chi connectivity index (χ1) is 11.1. The minimum atomic E-state index is -0.815. The van der Waals surface area contributed by atoms with Crippen molar-refractivity contribution >= 4 is 23.1 Å². The number of nitrogens with zero attached hydrogens (tertiary/aromatic N) is 1. The third-order valence-corrected chi connectivity index (χ3v) is 3.78. The minimum absolute atomic E-state index is 0.0717. The molecule has 120 valence electrons. The summed E-state index contributed by atoms with van der Waals surface area (Å²) in [5.41, 5.74) is 1.66. The molecule has 1 aliphatic rings. The highest BCUT2D eigenvalue weighted by molar-refractivity contribution is 5.99. The first-order valence-electron chi connectivity index (χ1n) is 7.50. The summed E-state index contributed by atoms with van der Waals surface area (Å²) in [5, 5.41) is 4.97. The van der Waals surface area contributed by atoms with Crippen LogP contribution in [-0.4, -0.2) is 19.1 Å². The summed E-state index contributed by atoms with van der Waals surface area (Å²) in [5.74, 6) is -1.50. The predicted molar refractivity (Wildman–Crippen MR) is 86.9 cm³/mol. The number of carbonyl (C=O) groups excluding carboxylic acids is 1. The minimum Gasteiger partial charge on any atom is -0.372 e. The lowest BCUT2D eigenvalue weighted by molar-refractivity contribution is 0.262. The molecule has 1 saturated heterocycles. The largest absolute Gasteiger partial charge is 0.372 e. The third kappa shape index (κ3) is 3.77. The Morgan fingerprint density at radius 1 is 0.957 bits per heavy atom. The Morgan fingerprint density at radius 3 is 2.30 bits per heavy atom. The highest BCUT2D eigenvalue weighted by Gasteiger charge is 2.12. The normalized spacial score (nSPS) is 13.9. The highest BCUT2D eigenvalue weighted by Crippen LogP contribution is 2.22. The molecular formula is C17H17F2N3O. The first-order valence-corrected chi connectivity index (χ1v) is 7.50. The Balaban J connectivity index is 1.61. The Labute approximate surface area is 133 Å². The summed E-state index contributed by atoms with van der Waals surface area (Å²) in [6.45, 7) is 2.11. The van der Waals surface area contributed by atoms with Gasteiger partial charge in [0.2, 0.25) is 0 Å². The van der Waals surface area contributed by atoms with E-state index in [-0.39, 0.29) is 5.69 Å². The fraction of sp³-hybridized carbons (Fsp3) is 0.235. The van der Waals surface area contributed by atoms with Gasteiger partial charge in [-0.1, -0.05) is 0 Å². The molecule has 6 heteroatoms. The zero-order valence-corrected chi connectivity index (χ0v) is 12.5. The second kappa shape index (κ2) is 6.64. The van der Waals surface area contributed by atoms with Crippen molar-refractivity contribution in [2.24, 2.45) is 0 Å². The maximum absolute atomic E-state index is 13.5. The van der Waals surface area contributed by atoms with Crippen molar-refractivity contribution in [1.82, 2.24) is 0 Å². The van der Waals surface area contributed by atoms with Crippen molar-refractivity contribution < 1.29 is 13.6 Å². The molecule has 0 unspecified atom stereocenters. The van der Waals surface area contributed by atoms with E-state index in [1.807, 2.05) is 12.1 Å². The summed E-state index contributed by atoms with van der Waals surface area (Å²) in [7, 11) is 0. The number of anilines is 3. The molecular weight excluding hydrogens is 300 g/mol. The first kappa shape index (κ1) is 15.3. The summed E-state index contributed by atoms with van der Waals surface area (Å²) in [4.78, 5) is 14.2. The van der Waals surface area contributed by atoms with Gasteiger partial charge in [0.1, 0.15) is 11.6 Å². The van der Waals surface area contributed by atoms with Gasteiger partial charge in [0.05, 0.1) is 5.69 Å². The molecule has 0 spiro atoms. The van der Waals surface area contributed by atoms with E-state index < -0.39 is 17.7 Å². The van der Waals surface area contributed by atoms with Gasteiger partial charge in [-0.05, 0) is 49.2 Å². The molecule has 0 aliphatic carbocycles. The average molecular weight is 317 g/mol. The Bertz CT molecular complexity index is 697. The monoisotopic (exact) mass is 317 g/mol. The van der Waals surface area contributed by atoms with Gasteiger partial charge in [-0.3, -0.25) is 0 Å². The number of amides is 2. The molecule has 1 heterocycles. The summed E-state index contributed by atoms with van der Waals surface area (Å²) >= 11 is 0. The molecule has 0 atom stereocenters. The van der Waals surface area contributed by atoms with Crippen LogP contribution in [0.3, 0.4) is 0 Å². The lowest BCUT2D eigenvalue weighted by Crippen LogP contribution is -2.20. The van der Waals surface area contributed by atoms with Crippen LogP contribution in [0.5, 0.6) is 0 Å². The van der Waals surface area contributed by atoms with E-state index in [1.54, 1.807) is 12.1 Å². The summed E-state index contributed by atoms with van der Waals surface area (Å²) < 4.78 is 26.3. The van der Waals surface area contributed by atoms with Crippen molar-refractivity contribution in [2.45, 2.75) is 12.8 Å². The Morgan fingerprint density at radius 2 is 1.65 bits per heavy atom. The lowest BCUT2D eigenvalue weighted by atomic mass is 10.2. The number of carbonyl (C=O) groups is 1. The smallest absolute Gasteiger partial charge is 0.323 e. The quantitative estimate of drug-likeness (QED) is 0.890. The zero-order valence-electron chi connectivity index (χ0n) is 12.5. The zero-order chi connectivity index (χ0) is 16.2. The third-order valence-electron chi connectivity index (χ3n) is 3.78. The van der Waals surface area contributed by atoms with Gasteiger partial charge in [0, 0.05) is 30.5 Å². The maximum atomic E-state index is 13.5. The maximum Gasteiger partial charge on any atom is 0.323 e. The number of rotatable bonds is 3. The topological polar surface area (TPSA) is 44.4 Å². The molecule has 0 bridgehead atoms. The lowest BCUT2D eigenvalue weighted by Gasteiger charge is -2.17. The summed E-state index contributed by atoms with van der Waals surface area (Å²) in [6, 6.07) is 9.90. The van der Waals surface area contributed by atoms with Gasteiger partial charge >= 0.3 is 6.03 Å². The SMILES string of the molecule is O=C(Nc1ccc(N2CCCC2)cc1)Nc1ccc(F)cc1F. The Kier molecular flexibility index (Phi) is 4.41. The van der Waals surface area contributed by atoms with Crippen LogP contribution in [0.25, 0.3) is 0 Å². The van der Waals surface area contributed by atoms with Crippen LogP contribution in [0.1, 0.15) is 12.8 Å². The van der Waals surface area contributed by atoms with E-state index in [0.717, 1.165) is 30.9 Å². The van der Waals surface area contributed by atoms with E-state index >= 15 is 0 Å². The highest BCUT2D eigenvalue weighted by atomic mass is 19.1. The number of hydrogen-bond acceptors (Lipinski definition) is 2. The molecule has 1 aliphatic heterocycles. The number of hydrogen-bond donors (Lipinski definition) is 2. The van der Waals surface area contributed by atoms with E-state index in [2.05, 4.69) is 15.5 Å². The van der Waals surface area contributed by atoms with Gasteiger partial charge in [-0.25, -0.2) is 13.6 Å². The van der Waals surface area contributed by atoms with Crippen molar-refractivity contribution in [3.05, 3.63) is 54.1 Å². The molecule has 23 heavy (non-hydrogen) atoms. The number of benzene rings is 2. The van der Waals surface area contributed by atoms with Gasteiger partial charge in [-0.15, -0.1) is 0 Å². The standard InChI is InChI=1S/C17H17F2N3O/c18-12-3-8-16(15(19)11-12)21-17(23)20-13-4-6-14(7-5-13)22-9-1-2-10-22/h3-8,11H,1-2,9-10H2,(H2,20,21,23). The molecule has 2 amide bonds. The van der Waals surface area contributed by atoms with Crippen molar-refractivity contribution in [3.63, 3.8) is 0 Å². The van der Waals surface area contributed by atoms with Gasteiger partial charge in [0.25, 0.3) is 0 Å².